The van der Waals surface area contributed by atoms with E-state index in [1.165, 1.54) is 12.1 Å². The van der Waals surface area contributed by atoms with Crippen LogP contribution in [0.4, 0.5) is 4.39 Å². The van der Waals surface area contributed by atoms with Crippen molar-refractivity contribution in [1.82, 2.24) is 5.32 Å². The maximum absolute atomic E-state index is 13.0. The predicted molar refractivity (Wildman–Crippen MR) is 84.3 cm³/mol. The monoisotopic (exact) mass is 319 g/mol. The SMILES string of the molecule is CCCNC(C)CCCCS(=O)c1ccc(F)c(Cl)c1. The first-order valence-corrected chi connectivity index (χ1v) is 8.81. The van der Waals surface area contributed by atoms with Gasteiger partial charge in [-0.2, -0.15) is 0 Å². The van der Waals surface area contributed by atoms with E-state index in [2.05, 4.69) is 19.2 Å². The summed E-state index contributed by atoms with van der Waals surface area (Å²) in [5, 5.41) is 3.47. The first-order chi connectivity index (χ1) is 9.54. The molecule has 20 heavy (non-hydrogen) atoms. The number of halogens is 2. The van der Waals surface area contributed by atoms with E-state index >= 15 is 0 Å². The fourth-order valence-electron chi connectivity index (χ4n) is 1.91. The van der Waals surface area contributed by atoms with Gasteiger partial charge in [0, 0.05) is 16.7 Å². The molecular weight excluding hydrogens is 297 g/mol. The summed E-state index contributed by atoms with van der Waals surface area (Å²) in [5.74, 6) is 0.130. The largest absolute Gasteiger partial charge is 0.314 e. The lowest BCUT2D eigenvalue weighted by Gasteiger charge is -2.12. The third-order valence-electron chi connectivity index (χ3n) is 3.11. The summed E-state index contributed by atoms with van der Waals surface area (Å²) in [6.07, 6.45) is 4.17. The molecule has 2 nitrogen and oxygen atoms in total. The fraction of sp³-hybridized carbons (Fsp3) is 0.600. The van der Waals surface area contributed by atoms with Crippen LogP contribution in [0.15, 0.2) is 23.1 Å². The highest BCUT2D eigenvalue weighted by Gasteiger charge is 2.08. The number of benzene rings is 1. The van der Waals surface area contributed by atoms with Gasteiger partial charge in [-0.3, -0.25) is 4.21 Å². The Balaban J connectivity index is 2.28. The van der Waals surface area contributed by atoms with Gasteiger partial charge < -0.3 is 5.32 Å². The average molecular weight is 320 g/mol. The average Bonchev–Trinajstić information content (AvgIpc) is 2.44. The molecule has 0 fully saturated rings. The number of nitrogens with one attached hydrogen (secondary N) is 1. The van der Waals surface area contributed by atoms with Gasteiger partial charge in [-0.05, 0) is 50.9 Å². The number of hydrogen-bond acceptors (Lipinski definition) is 2. The van der Waals surface area contributed by atoms with Gasteiger partial charge in [0.25, 0.3) is 0 Å². The maximum atomic E-state index is 13.0. The molecule has 0 radical (unpaired) electrons. The van der Waals surface area contributed by atoms with Crippen molar-refractivity contribution in [1.29, 1.82) is 0 Å². The molecule has 114 valence electrons. The summed E-state index contributed by atoms with van der Waals surface area (Å²) in [6.45, 7) is 5.37. The summed E-state index contributed by atoms with van der Waals surface area (Å²) in [5.41, 5.74) is 0. The smallest absolute Gasteiger partial charge is 0.141 e. The molecule has 0 aromatic heterocycles. The first-order valence-electron chi connectivity index (χ1n) is 7.11. The highest BCUT2D eigenvalue weighted by atomic mass is 35.5. The number of rotatable bonds is 9. The van der Waals surface area contributed by atoms with E-state index in [1.54, 1.807) is 6.07 Å². The van der Waals surface area contributed by atoms with Crippen LogP contribution >= 0.6 is 11.6 Å². The predicted octanol–water partition coefficient (Wildman–Crippen LogP) is 4.15. The molecule has 0 aliphatic heterocycles. The van der Waals surface area contributed by atoms with Crippen LogP contribution in [0.5, 0.6) is 0 Å². The van der Waals surface area contributed by atoms with Gasteiger partial charge in [-0.15, -0.1) is 0 Å². The molecule has 1 rings (SSSR count). The van der Waals surface area contributed by atoms with E-state index in [0.717, 1.165) is 32.2 Å². The molecule has 2 unspecified atom stereocenters. The Bertz CT molecular complexity index is 442. The van der Waals surface area contributed by atoms with Crippen molar-refractivity contribution in [3.8, 4) is 0 Å². The molecule has 0 heterocycles. The summed E-state index contributed by atoms with van der Waals surface area (Å²) >= 11 is 5.69. The number of unbranched alkanes of at least 4 members (excludes halogenated alkanes) is 1. The van der Waals surface area contributed by atoms with Crippen molar-refractivity contribution in [3.05, 3.63) is 29.0 Å². The van der Waals surface area contributed by atoms with Crippen LogP contribution in [0, 0.1) is 5.82 Å². The second kappa shape index (κ2) is 9.48. The van der Waals surface area contributed by atoms with Gasteiger partial charge in [0.05, 0.1) is 15.8 Å². The summed E-state index contributed by atoms with van der Waals surface area (Å²) in [4.78, 5) is 0.605. The Labute approximate surface area is 128 Å². The second-order valence-corrected chi connectivity index (χ2v) is 6.95. The molecular formula is C15H23ClFNOS. The van der Waals surface area contributed by atoms with E-state index in [4.69, 9.17) is 11.6 Å². The van der Waals surface area contributed by atoms with Crippen LogP contribution in [0.25, 0.3) is 0 Å². The van der Waals surface area contributed by atoms with Crippen LogP contribution in [-0.4, -0.2) is 22.5 Å². The van der Waals surface area contributed by atoms with E-state index < -0.39 is 16.6 Å². The summed E-state index contributed by atoms with van der Waals surface area (Å²) in [6, 6.07) is 4.77. The van der Waals surface area contributed by atoms with Crippen LogP contribution in [0.1, 0.15) is 39.5 Å². The molecule has 2 atom stereocenters. The molecule has 0 aliphatic rings. The van der Waals surface area contributed by atoms with Crippen LogP contribution in [-0.2, 0) is 10.8 Å². The number of hydrogen-bond donors (Lipinski definition) is 1. The molecule has 1 aromatic carbocycles. The lowest BCUT2D eigenvalue weighted by Crippen LogP contribution is -2.26. The zero-order valence-corrected chi connectivity index (χ0v) is 13.7. The van der Waals surface area contributed by atoms with Crippen molar-refractivity contribution in [2.75, 3.05) is 12.3 Å². The van der Waals surface area contributed by atoms with E-state index in [0.29, 0.717) is 16.7 Å². The van der Waals surface area contributed by atoms with Crippen molar-refractivity contribution in [3.63, 3.8) is 0 Å². The maximum Gasteiger partial charge on any atom is 0.141 e. The molecule has 0 amide bonds. The standard InChI is InChI=1S/C15H23ClFNOS/c1-3-9-18-12(2)6-4-5-10-20(19)13-7-8-15(17)14(16)11-13/h7-8,11-12,18H,3-6,9-10H2,1-2H3. The Hall–Kier alpha value is -0.450. The van der Waals surface area contributed by atoms with Gasteiger partial charge in [-0.25, -0.2) is 4.39 Å². The minimum absolute atomic E-state index is 0.0354. The third kappa shape index (κ3) is 6.33. The summed E-state index contributed by atoms with van der Waals surface area (Å²) in [7, 11) is -1.09. The highest BCUT2D eigenvalue weighted by Crippen LogP contribution is 2.19. The lowest BCUT2D eigenvalue weighted by atomic mass is 10.1. The normalized spacial score (nSPS) is 14.2. The quantitative estimate of drug-likeness (QED) is 0.693. The lowest BCUT2D eigenvalue weighted by molar-refractivity contribution is 0.495. The van der Waals surface area contributed by atoms with Crippen molar-refractivity contribution >= 4 is 22.4 Å². The van der Waals surface area contributed by atoms with Crippen LogP contribution in [0.3, 0.4) is 0 Å². The molecule has 0 bridgehead atoms. The van der Waals surface area contributed by atoms with Crippen molar-refractivity contribution < 1.29 is 8.60 Å². The Morgan fingerprint density at radius 2 is 2.15 bits per heavy atom. The Morgan fingerprint density at radius 3 is 2.80 bits per heavy atom. The summed E-state index contributed by atoms with van der Waals surface area (Å²) < 4.78 is 25.1. The van der Waals surface area contributed by atoms with Crippen LogP contribution in [0.2, 0.25) is 5.02 Å². The fourth-order valence-corrected chi connectivity index (χ4v) is 3.33. The Kier molecular flexibility index (Phi) is 8.34. The molecule has 0 spiro atoms. The topological polar surface area (TPSA) is 29.1 Å². The molecule has 0 saturated heterocycles. The highest BCUT2D eigenvalue weighted by molar-refractivity contribution is 7.85. The van der Waals surface area contributed by atoms with E-state index in [1.807, 2.05) is 0 Å². The zero-order valence-electron chi connectivity index (χ0n) is 12.1. The van der Waals surface area contributed by atoms with Gasteiger partial charge in [0.1, 0.15) is 5.82 Å². The van der Waals surface area contributed by atoms with Crippen molar-refractivity contribution in [2.45, 2.75) is 50.5 Å². The van der Waals surface area contributed by atoms with E-state index in [-0.39, 0.29) is 5.02 Å². The molecule has 1 N–H and O–H groups in total. The van der Waals surface area contributed by atoms with Gasteiger partial charge in [0.2, 0.25) is 0 Å². The second-order valence-electron chi connectivity index (χ2n) is 4.98. The van der Waals surface area contributed by atoms with Crippen LogP contribution < -0.4 is 5.32 Å². The molecule has 0 saturated carbocycles. The zero-order chi connectivity index (χ0) is 15.0. The molecule has 5 heteroatoms. The van der Waals surface area contributed by atoms with Gasteiger partial charge in [0.15, 0.2) is 0 Å². The van der Waals surface area contributed by atoms with Gasteiger partial charge >= 0.3 is 0 Å². The molecule has 0 aliphatic carbocycles. The molecule has 1 aromatic rings. The minimum atomic E-state index is -1.09. The van der Waals surface area contributed by atoms with Crippen molar-refractivity contribution in [2.24, 2.45) is 0 Å². The van der Waals surface area contributed by atoms with Gasteiger partial charge in [-0.1, -0.05) is 24.9 Å². The minimum Gasteiger partial charge on any atom is -0.314 e. The third-order valence-corrected chi connectivity index (χ3v) is 4.84. The Morgan fingerprint density at radius 1 is 1.40 bits per heavy atom. The van der Waals surface area contributed by atoms with E-state index in [9.17, 15) is 8.60 Å². The first kappa shape index (κ1) is 17.6.